The summed E-state index contributed by atoms with van der Waals surface area (Å²) >= 11 is 6.64. The van der Waals surface area contributed by atoms with Crippen LogP contribution in [0.3, 0.4) is 0 Å². The van der Waals surface area contributed by atoms with E-state index in [1.165, 1.54) is 6.33 Å². The van der Waals surface area contributed by atoms with Crippen molar-refractivity contribution in [2.75, 3.05) is 24.1 Å². The van der Waals surface area contributed by atoms with Crippen molar-refractivity contribution < 1.29 is 19.0 Å². The van der Waals surface area contributed by atoms with Crippen molar-refractivity contribution in [3.63, 3.8) is 0 Å². The van der Waals surface area contributed by atoms with Crippen LogP contribution in [0.25, 0.3) is 10.9 Å². The Labute approximate surface area is 253 Å². The summed E-state index contributed by atoms with van der Waals surface area (Å²) in [6.07, 6.45) is 4.85. The van der Waals surface area contributed by atoms with E-state index in [4.69, 9.17) is 25.8 Å². The minimum atomic E-state index is -0.411. The third-order valence-electron chi connectivity index (χ3n) is 7.07. The Morgan fingerprint density at radius 1 is 1.02 bits per heavy atom. The predicted octanol–water partition coefficient (Wildman–Crippen LogP) is 6.47. The van der Waals surface area contributed by atoms with Crippen molar-refractivity contribution in [2.24, 2.45) is 0 Å². The Kier molecular flexibility index (Phi) is 8.37. The standard InChI is InChI=1S/C32H29ClN6O4/c1-41-30-17-27-23(18-34-21-36-27)15-28(30)39(31-12-14-38(31)32(40)43-19-22-7-3-2-4-8-22)37-24-10-11-29(26(33)16-24)42-20-25-9-5-6-13-35-25/h2-11,13,15-18,21,31,37H,12,14,19-20H2,1H3. The molecule has 0 aliphatic carbocycles. The molecule has 10 nitrogen and oxygen atoms in total. The molecule has 0 spiro atoms. The minimum Gasteiger partial charge on any atom is -0.494 e. The van der Waals surface area contributed by atoms with Gasteiger partial charge in [-0.15, -0.1) is 0 Å². The van der Waals surface area contributed by atoms with Crippen LogP contribution in [-0.4, -0.2) is 45.8 Å². The maximum Gasteiger partial charge on any atom is 0.411 e. The molecule has 1 aliphatic rings. The van der Waals surface area contributed by atoms with Gasteiger partial charge in [0.15, 0.2) is 0 Å². The summed E-state index contributed by atoms with van der Waals surface area (Å²) in [6.45, 7) is 1.01. The first-order valence-corrected chi connectivity index (χ1v) is 14.1. The highest BCUT2D eigenvalue weighted by Crippen LogP contribution is 2.38. The van der Waals surface area contributed by atoms with Crippen molar-refractivity contribution >= 4 is 40.0 Å². The number of carbonyl (C=O) groups is 1. The van der Waals surface area contributed by atoms with E-state index in [1.807, 2.05) is 71.7 Å². The Hall–Kier alpha value is -5.09. The summed E-state index contributed by atoms with van der Waals surface area (Å²) in [5.74, 6) is 1.10. The summed E-state index contributed by atoms with van der Waals surface area (Å²) in [5, 5.41) is 3.13. The Balaban J connectivity index is 1.27. The highest BCUT2D eigenvalue weighted by molar-refractivity contribution is 6.32. The molecule has 1 aliphatic heterocycles. The maximum atomic E-state index is 13.2. The van der Waals surface area contributed by atoms with Crippen LogP contribution in [0.1, 0.15) is 17.7 Å². The smallest absolute Gasteiger partial charge is 0.411 e. The molecule has 0 radical (unpaired) electrons. The van der Waals surface area contributed by atoms with Crippen molar-refractivity contribution in [3.8, 4) is 11.5 Å². The van der Waals surface area contributed by atoms with Gasteiger partial charge < -0.3 is 14.2 Å². The lowest BCUT2D eigenvalue weighted by atomic mass is 10.1. The van der Waals surface area contributed by atoms with E-state index in [0.717, 1.165) is 22.2 Å². The number of likely N-dealkylation sites (tertiary alicyclic amines) is 1. The van der Waals surface area contributed by atoms with E-state index in [-0.39, 0.29) is 19.4 Å². The Bertz CT molecular complexity index is 1710. The lowest BCUT2D eigenvalue weighted by molar-refractivity contribution is 0.0439. The third-order valence-corrected chi connectivity index (χ3v) is 7.37. The fourth-order valence-electron chi connectivity index (χ4n) is 4.76. The maximum absolute atomic E-state index is 13.2. The van der Waals surface area contributed by atoms with Gasteiger partial charge in [0, 0.05) is 36.8 Å². The number of fused-ring (bicyclic) bond motifs is 1. The molecule has 1 N–H and O–H groups in total. The molecule has 43 heavy (non-hydrogen) atoms. The second-order valence-electron chi connectivity index (χ2n) is 9.85. The fraction of sp³-hybridized carbons (Fsp3) is 0.188. The van der Waals surface area contributed by atoms with Gasteiger partial charge in [-0.05, 0) is 42.0 Å². The third kappa shape index (κ3) is 6.39. The van der Waals surface area contributed by atoms with E-state index in [9.17, 15) is 4.79 Å². The van der Waals surface area contributed by atoms with Crippen molar-refractivity contribution in [2.45, 2.75) is 25.8 Å². The number of nitrogens with one attached hydrogen (secondary N) is 1. The monoisotopic (exact) mass is 596 g/mol. The number of pyridine rings is 1. The fourth-order valence-corrected chi connectivity index (χ4v) is 5.00. The molecule has 3 aromatic carbocycles. The number of anilines is 2. The molecule has 5 aromatic rings. The number of halogens is 1. The molecular formula is C32H29ClN6O4. The van der Waals surface area contributed by atoms with E-state index in [0.29, 0.717) is 40.9 Å². The summed E-state index contributed by atoms with van der Waals surface area (Å²) in [4.78, 5) is 27.7. The quantitative estimate of drug-likeness (QED) is 0.182. The average Bonchev–Trinajstić information content (AvgIpc) is 3.03. The highest BCUT2D eigenvalue weighted by Gasteiger charge is 2.39. The second kappa shape index (κ2) is 12.8. The lowest BCUT2D eigenvalue weighted by Crippen LogP contribution is -2.61. The molecule has 3 heterocycles. The normalized spacial score (nSPS) is 14.1. The number of amides is 1. The number of carbonyl (C=O) groups excluding carboxylic acids is 1. The van der Waals surface area contributed by atoms with Crippen LogP contribution in [-0.2, 0) is 18.0 Å². The number of hydrogen-bond acceptors (Lipinski definition) is 9. The Morgan fingerprint density at radius 3 is 2.63 bits per heavy atom. The van der Waals surface area contributed by atoms with E-state index >= 15 is 0 Å². The van der Waals surface area contributed by atoms with Crippen molar-refractivity contribution in [1.29, 1.82) is 0 Å². The van der Waals surface area contributed by atoms with Gasteiger partial charge in [0.1, 0.15) is 42.9 Å². The lowest BCUT2D eigenvalue weighted by Gasteiger charge is -2.47. The molecule has 1 saturated heterocycles. The van der Waals surface area contributed by atoms with Gasteiger partial charge in [0.05, 0.1) is 29.0 Å². The molecule has 0 bridgehead atoms. The zero-order valence-corrected chi connectivity index (χ0v) is 24.1. The van der Waals surface area contributed by atoms with Crippen LogP contribution >= 0.6 is 11.6 Å². The largest absolute Gasteiger partial charge is 0.494 e. The van der Waals surface area contributed by atoms with Crippen LogP contribution in [0.2, 0.25) is 5.02 Å². The molecule has 218 valence electrons. The first-order chi connectivity index (χ1) is 21.1. The summed E-state index contributed by atoms with van der Waals surface area (Å²) < 4.78 is 17.3. The van der Waals surface area contributed by atoms with Gasteiger partial charge in [-0.3, -0.25) is 20.3 Å². The zero-order chi connectivity index (χ0) is 29.6. The highest BCUT2D eigenvalue weighted by atomic mass is 35.5. The molecule has 0 saturated carbocycles. The number of rotatable bonds is 10. The van der Waals surface area contributed by atoms with Gasteiger partial charge in [0.2, 0.25) is 0 Å². The number of ether oxygens (including phenoxy) is 3. The topological polar surface area (TPSA) is 102 Å². The van der Waals surface area contributed by atoms with Gasteiger partial charge in [-0.1, -0.05) is 48.0 Å². The first kappa shape index (κ1) is 28.0. The molecule has 1 unspecified atom stereocenters. The number of hydrogen-bond donors (Lipinski definition) is 1. The molecular weight excluding hydrogens is 568 g/mol. The van der Waals surface area contributed by atoms with Gasteiger partial charge in [-0.25, -0.2) is 14.8 Å². The van der Waals surface area contributed by atoms with Crippen molar-refractivity contribution in [3.05, 3.63) is 114 Å². The number of hydrazine groups is 1. The van der Waals surface area contributed by atoms with E-state index in [1.54, 1.807) is 36.5 Å². The molecule has 2 aromatic heterocycles. The van der Waals surface area contributed by atoms with Crippen LogP contribution in [0, 0.1) is 0 Å². The van der Waals surface area contributed by atoms with E-state index < -0.39 is 6.09 Å². The van der Waals surface area contributed by atoms with Crippen LogP contribution in [0.5, 0.6) is 11.5 Å². The molecule has 1 amide bonds. The summed E-state index contributed by atoms with van der Waals surface area (Å²) in [6, 6.07) is 24.4. The van der Waals surface area contributed by atoms with E-state index in [2.05, 4.69) is 20.4 Å². The van der Waals surface area contributed by atoms with Crippen molar-refractivity contribution in [1.82, 2.24) is 19.9 Å². The van der Waals surface area contributed by atoms with Crippen LogP contribution in [0.4, 0.5) is 16.2 Å². The average molecular weight is 597 g/mol. The molecule has 1 fully saturated rings. The second-order valence-corrected chi connectivity index (χ2v) is 10.3. The summed E-state index contributed by atoms with van der Waals surface area (Å²) in [5.41, 5.74) is 7.28. The van der Waals surface area contributed by atoms with Gasteiger partial charge in [0.25, 0.3) is 0 Å². The number of methoxy groups -OCH3 is 1. The summed E-state index contributed by atoms with van der Waals surface area (Å²) in [7, 11) is 1.60. The van der Waals surface area contributed by atoms with Gasteiger partial charge in [-0.2, -0.15) is 0 Å². The Morgan fingerprint density at radius 2 is 1.88 bits per heavy atom. The number of nitrogens with zero attached hydrogens (tertiary/aromatic N) is 5. The number of aromatic nitrogens is 3. The first-order valence-electron chi connectivity index (χ1n) is 13.7. The molecule has 11 heteroatoms. The zero-order valence-electron chi connectivity index (χ0n) is 23.4. The number of benzene rings is 3. The predicted molar refractivity (Wildman–Crippen MR) is 164 cm³/mol. The van der Waals surface area contributed by atoms with Gasteiger partial charge >= 0.3 is 6.09 Å². The van der Waals surface area contributed by atoms with Crippen LogP contribution < -0.4 is 19.9 Å². The van der Waals surface area contributed by atoms with Crippen LogP contribution in [0.15, 0.2) is 97.6 Å². The SMILES string of the molecule is COc1cc2ncncc2cc1N(Nc1ccc(OCc2ccccn2)c(Cl)c1)C1CCN1C(=O)OCc1ccccc1. The molecule has 6 rings (SSSR count). The minimum absolute atomic E-state index is 0.183. The molecule has 1 atom stereocenters.